The standard InChI is InChI=1S/2C13H14ClNO2/c2*1-8-5-6-10(14)11(7-8)15-13(17)9-3-2-4-12(9)16/h2*5-7,9H,2-4H2,1H3,(H,15,17). The van der Waals surface area contributed by atoms with E-state index in [1.54, 1.807) is 24.3 Å². The first-order valence-corrected chi connectivity index (χ1v) is 12.1. The van der Waals surface area contributed by atoms with E-state index in [-0.39, 0.29) is 23.4 Å². The lowest BCUT2D eigenvalue weighted by atomic mass is 10.1. The van der Waals surface area contributed by atoms with Gasteiger partial charge < -0.3 is 10.6 Å². The number of hydrogen-bond donors (Lipinski definition) is 2. The van der Waals surface area contributed by atoms with Gasteiger partial charge in [0.15, 0.2) is 0 Å². The first-order valence-electron chi connectivity index (χ1n) is 11.3. The quantitative estimate of drug-likeness (QED) is 0.508. The molecule has 2 amide bonds. The molecule has 2 N–H and O–H groups in total. The van der Waals surface area contributed by atoms with E-state index in [0.29, 0.717) is 47.1 Å². The van der Waals surface area contributed by atoms with E-state index < -0.39 is 11.8 Å². The fourth-order valence-electron chi connectivity index (χ4n) is 4.10. The zero-order valence-corrected chi connectivity index (χ0v) is 20.8. The molecule has 2 fully saturated rings. The summed E-state index contributed by atoms with van der Waals surface area (Å²) in [7, 11) is 0. The minimum absolute atomic E-state index is 0.0336. The Kier molecular flexibility index (Phi) is 8.86. The number of halogens is 2. The van der Waals surface area contributed by atoms with Gasteiger partial charge in [0.05, 0.1) is 33.3 Å². The van der Waals surface area contributed by atoms with Gasteiger partial charge in [-0.25, -0.2) is 0 Å². The van der Waals surface area contributed by atoms with Crippen molar-refractivity contribution < 1.29 is 19.2 Å². The summed E-state index contributed by atoms with van der Waals surface area (Å²) in [6.45, 7) is 3.85. The molecular formula is C26H28Cl2N2O4. The SMILES string of the molecule is Cc1ccc(Cl)c(NC(=O)C2CCCC2=O)c1.Cc1ccc(Cl)c(NC(=O)C2CCCC2=O)c1. The van der Waals surface area contributed by atoms with E-state index in [4.69, 9.17) is 23.2 Å². The summed E-state index contributed by atoms with van der Waals surface area (Å²) in [5, 5.41) is 6.45. The van der Waals surface area contributed by atoms with Crippen LogP contribution < -0.4 is 10.6 Å². The van der Waals surface area contributed by atoms with Gasteiger partial charge in [-0.3, -0.25) is 19.2 Å². The summed E-state index contributed by atoms with van der Waals surface area (Å²) in [5.74, 6) is -1.39. The Morgan fingerprint density at radius 3 is 1.44 bits per heavy atom. The van der Waals surface area contributed by atoms with Gasteiger partial charge in [-0.15, -0.1) is 0 Å². The van der Waals surface area contributed by atoms with Crippen LogP contribution >= 0.6 is 23.2 Å². The third-order valence-electron chi connectivity index (χ3n) is 6.00. The van der Waals surface area contributed by atoms with Crippen molar-refractivity contribution in [2.75, 3.05) is 10.6 Å². The molecule has 0 saturated heterocycles. The van der Waals surface area contributed by atoms with E-state index in [9.17, 15) is 19.2 Å². The Morgan fingerprint density at radius 1 is 0.735 bits per heavy atom. The van der Waals surface area contributed by atoms with Gasteiger partial charge in [0, 0.05) is 12.8 Å². The minimum Gasteiger partial charge on any atom is -0.324 e. The lowest BCUT2D eigenvalue weighted by molar-refractivity contribution is -0.130. The highest BCUT2D eigenvalue weighted by molar-refractivity contribution is 6.34. The number of carbonyl (C=O) groups is 4. The van der Waals surface area contributed by atoms with Crippen molar-refractivity contribution in [3.05, 3.63) is 57.6 Å². The molecule has 4 rings (SSSR count). The van der Waals surface area contributed by atoms with Crippen LogP contribution in [0.2, 0.25) is 10.0 Å². The van der Waals surface area contributed by atoms with Crippen molar-refractivity contribution in [1.29, 1.82) is 0 Å². The Morgan fingerprint density at radius 2 is 1.12 bits per heavy atom. The van der Waals surface area contributed by atoms with Crippen LogP contribution in [-0.2, 0) is 19.2 Å². The number of rotatable bonds is 4. The normalized spacial score (nSPS) is 19.4. The van der Waals surface area contributed by atoms with E-state index in [2.05, 4.69) is 10.6 Å². The van der Waals surface area contributed by atoms with Crippen LogP contribution in [0.4, 0.5) is 11.4 Å². The largest absolute Gasteiger partial charge is 0.324 e. The number of carbonyl (C=O) groups excluding carboxylic acids is 4. The molecule has 8 heteroatoms. The van der Waals surface area contributed by atoms with Crippen LogP contribution in [0.25, 0.3) is 0 Å². The number of benzene rings is 2. The van der Waals surface area contributed by atoms with Gasteiger partial charge in [-0.2, -0.15) is 0 Å². The van der Waals surface area contributed by atoms with Crippen molar-refractivity contribution >= 4 is 58.0 Å². The summed E-state index contributed by atoms with van der Waals surface area (Å²) in [6, 6.07) is 10.8. The summed E-state index contributed by atoms with van der Waals surface area (Å²) in [4.78, 5) is 46.7. The highest BCUT2D eigenvalue weighted by Crippen LogP contribution is 2.28. The summed E-state index contributed by atoms with van der Waals surface area (Å²) in [5.41, 5.74) is 3.19. The molecule has 2 saturated carbocycles. The Balaban J connectivity index is 0.000000191. The van der Waals surface area contributed by atoms with Gasteiger partial charge in [0.2, 0.25) is 11.8 Å². The molecule has 2 atom stereocenters. The number of aryl methyl sites for hydroxylation is 2. The van der Waals surface area contributed by atoms with Gasteiger partial charge in [0.1, 0.15) is 11.6 Å². The molecule has 0 spiro atoms. The fraction of sp³-hybridized carbons (Fsp3) is 0.385. The maximum atomic E-state index is 11.9. The molecule has 0 heterocycles. The Labute approximate surface area is 209 Å². The van der Waals surface area contributed by atoms with Crippen molar-refractivity contribution in [3.63, 3.8) is 0 Å². The highest BCUT2D eigenvalue weighted by Gasteiger charge is 2.32. The molecule has 2 aromatic carbocycles. The smallest absolute Gasteiger partial charge is 0.234 e. The zero-order valence-electron chi connectivity index (χ0n) is 19.3. The molecule has 6 nitrogen and oxygen atoms in total. The predicted octanol–water partition coefficient (Wildman–Crippen LogP) is 5.91. The van der Waals surface area contributed by atoms with E-state index >= 15 is 0 Å². The van der Waals surface area contributed by atoms with E-state index in [1.165, 1.54) is 0 Å². The molecule has 2 aliphatic carbocycles. The van der Waals surface area contributed by atoms with Gasteiger partial charge >= 0.3 is 0 Å². The fourth-order valence-corrected chi connectivity index (χ4v) is 4.42. The topological polar surface area (TPSA) is 92.3 Å². The second-order valence-electron chi connectivity index (χ2n) is 8.77. The maximum Gasteiger partial charge on any atom is 0.234 e. The molecule has 2 unspecified atom stereocenters. The van der Waals surface area contributed by atoms with E-state index in [1.807, 2.05) is 26.0 Å². The molecule has 0 bridgehead atoms. The number of Topliss-reactive ketones (excluding diaryl/α,β-unsaturated/α-hetero) is 2. The van der Waals surface area contributed by atoms with Crippen LogP contribution in [0.15, 0.2) is 36.4 Å². The van der Waals surface area contributed by atoms with E-state index in [0.717, 1.165) is 24.0 Å². The van der Waals surface area contributed by atoms with Crippen LogP contribution in [-0.4, -0.2) is 23.4 Å². The zero-order chi connectivity index (χ0) is 24.8. The first kappa shape index (κ1) is 25.9. The maximum absolute atomic E-state index is 11.9. The summed E-state index contributed by atoms with van der Waals surface area (Å²) < 4.78 is 0. The third-order valence-corrected chi connectivity index (χ3v) is 6.66. The molecule has 0 aliphatic heterocycles. The molecule has 0 radical (unpaired) electrons. The number of ketones is 2. The Bertz CT molecular complexity index is 1030. The minimum atomic E-state index is -0.494. The average molecular weight is 503 g/mol. The van der Waals surface area contributed by atoms with Crippen LogP contribution in [0.1, 0.15) is 49.7 Å². The lowest BCUT2D eigenvalue weighted by Crippen LogP contribution is -2.25. The molecule has 0 aromatic heterocycles. The molecule has 34 heavy (non-hydrogen) atoms. The molecular weight excluding hydrogens is 475 g/mol. The second kappa shape index (κ2) is 11.6. The summed E-state index contributed by atoms with van der Waals surface area (Å²) in [6.07, 6.45) is 3.93. The molecule has 2 aliphatic rings. The van der Waals surface area contributed by atoms with Crippen LogP contribution in [0.3, 0.4) is 0 Å². The number of amides is 2. The first-order chi connectivity index (χ1) is 16.2. The molecule has 2 aromatic rings. The van der Waals surface area contributed by atoms with Gasteiger partial charge in [-0.05, 0) is 74.9 Å². The monoisotopic (exact) mass is 502 g/mol. The van der Waals surface area contributed by atoms with Crippen LogP contribution in [0.5, 0.6) is 0 Å². The highest BCUT2D eigenvalue weighted by atomic mass is 35.5. The second-order valence-corrected chi connectivity index (χ2v) is 9.58. The van der Waals surface area contributed by atoms with Crippen molar-refractivity contribution in [2.24, 2.45) is 11.8 Å². The number of hydrogen-bond acceptors (Lipinski definition) is 4. The third kappa shape index (κ3) is 6.67. The Hall–Kier alpha value is -2.70. The summed E-state index contributed by atoms with van der Waals surface area (Å²) >= 11 is 12.0. The van der Waals surface area contributed by atoms with Crippen molar-refractivity contribution in [2.45, 2.75) is 52.4 Å². The van der Waals surface area contributed by atoms with Gasteiger partial charge in [0.25, 0.3) is 0 Å². The number of anilines is 2. The number of nitrogens with one attached hydrogen (secondary N) is 2. The predicted molar refractivity (Wildman–Crippen MR) is 134 cm³/mol. The lowest BCUT2D eigenvalue weighted by Gasteiger charge is -2.11. The average Bonchev–Trinajstić information content (AvgIpc) is 3.42. The van der Waals surface area contributed by atoms with Crippen molar-refractivity contribution in [3.8, 4) is 0 Å². The van der Waals surface area contributed by atoms with Gasteiger partial charge in [-0.1, -0.05) is 35.3 Å². The molecule has 180 valence electrons. The van der Waals surface area contributed by atoms with Crippen molar-refractivity contribution in [1.82, 2.24) is 0 Å². The van der Waals surface area contributed by atoms with Crippen LogP contribution in [0, 0.1) is 25.7 Å².